The molecular weight excluding hydrogens is 959 g/mol. The molecule has 24 heteroatoms. The minimum Gasteiger partial charge on any atom is -0.508 e. The largest absolute Gasteiger partial charge is 0.508 e. The Hall–Kier alpha value is -6.40. The van der Waals surface area contributed by atoms with Crippen molar-refractivity contribution in [3.8, 4) is 5.75 Å². The molecule has 7 atom stereocenters. The number of phenolic OH excluding ortho intramolecular Hbond substituents is 1. The molecule has 2 heterocycles. The zero-order valence-corrected chi connectivity index (χ0v) is 41.6. The molecule has 2 aromatic rings. The third-order valence-electron chi connectivity index (χ3n) is 11.5. The fourth-order valence-electron chi connectivity index (χ4n) is 7.92. The first-order valence-electron chi connectivity index (χ1n) is 23.6. The van der Waals surface area contributed by atoms with Crippen LogP contribution >= 0.6 is 21.6 Å². The number of aromatic hydroxyl groups is 1. The molecule has 388 valence electrons. The highest BCUT2D eigenvalue weighted by atomic mass is 33.1. The van der Waals surface area contributed by atoms with Gasteiger partial charge >= 0.3 is 0 Å². The Morgan fingerprint density at radius 3 is 2.00 bits per heavy atom. The number of hydrogen-bond acceptors (Lipinski definition) is 14. The lowest BCUT2D eigenvalue weighted by atomic mass is 9.99. The number of carbonyl (C=O) groups excluding carboxylic acids is 10. The Kier molecular flexibility index (Phi) is 23.4. The average Bonchev–Trinajstić information content (AvgIpc) is 3.82. The van der Waals surface area contributed by atoms with Gasteiger partial charge in [0.25, 0.3) is 0 Å². The van der Waals surface area contributed by atoms with Gasteiger partial charge in [-0.2, -0.15) is 0 Å². The first-order valence-corrected chi connectivity index (χ1v) is 26.1. The zero-order chi connectivity index (χ0) is 52.0. The van der Waals surface area contributed by atoms with Gasteiger partial charge in [-0.3, -0.25) is 47.9 Å². The SMILES string of the molecule is CC(C)CC1NC(=O)[C@H](Cc2ccccc2)NC(=O)C(Cc2ccc(O)cc2)NC(=O)CCSSC[C@@H](C(=O)N2CCC[C@H]2C(=O)N[C@@H](CCCCN)C(=O)NCC(N)=O)NC(=O)C(CC(N)=O)NC1=O. The molecule has 2 saturated heterocycles. The van der Waals surface area contributed by atoms with Gasteiger partial charge in [-0.15, -0.1) is 0 Å². The maximum absolute atomic E-state index is 14.5. The summed E-state index contributed by atoms with van der Waals surface area (Å²) in [6.07, 6.45) is 0.962. The molecule has 0 bridgehead atoms. The van der Waals surface area contributed by atoms with E-state index < -0.39 is 114 Å². The van der Waals surface area contributed by atoms with E-state index in [1.165, 1.54) is 27.8 Å². The summed E-state index contributed by atoms with van der Waals surface area (Å²) in [5.74, 6) is -7.77. The molecule has 14 N–H and O–H groups in total. The molecule has 10 amide bonds. The van der Waals surface area contributed by atoms with Gasteiger partial charge in [-0.05, 0) is 74.2 Å². The number of carbonyl (C=O) groups is 10. The van der Waals surface area contributed by atoms with Gasteiger partial charge in [0.05, 0.1) is 13.0 Å². The molecule has 0 aromatic heterocycles. The van der Waals surface area contributed by atoms with Crippen LogP contribution in [0.15, 0.2) is 54.6 Å². The predicted octanol–water partition coefficient (Wildman–Crippen LogP) is -1.49. The summed E-state index contributed by atoms with van der Waals surface area (Å²) in [6.45, 7) is 3.55. The van der Waals surface area contributed by atoms with Gasteiger partial charge in [-0.25, -0.2) is 0 Å². The smallest absolute Gasteiger partial charge is 0.246 e. The van der Waals surface area contributed by atoms with Crippen molar-refractivity contribution in [3.05, 3.63) is 65.7 Å². The van der Waals surface area contributed by atoms with Gasteiger partial charge in [0.15, 0.2) is 0 Å². The number of primary amides is 2. The number of unbranched alkanes of at least 4 members (excludes halogenated alkanes) is 1. The van der Waals surface area contributed by atoms with Gasteiger partial charge in [0.1, 0.15) is 48.0 Å². The normalized spacial score (nSPS) is 22.4. The van der Waals surface area contributed by atoms with E-state index in [1.54, 1.807) is 56.3 Å². The van der Waals surface area contributed by atoms with Crippen LogP contribution in [0, 0.1) is 5.92 Å². The highest BCUT2D eigenvalue weighted by Crippen LogP contribution is 2.26. The summed E-state index contributed by atoms with van der Waals surface area (Å²) in [4.78, 5) is 137. The molecular formula is C47H67N11O11S2. The molecule has 71 heavy (non-hydrogen) atoms. The number of hydrogen-bond donors (Lipinski definition) is 11. The van der Waals surface area contributed by atoms with Crippen molar-refractivity contribution < 1.29 is 53.1 Å². The number of nitrogens with zero attached hydrogens (tertiary/aromatic N) is 1. The Balaban J connectivity index is 1.67. The lowest BCUT2D eigenvalue weighted by Gasteiger charge is -2.31. The van der Waals surface area contributed by atoms with E-state index in [0.717, 1.165) is 10.8 Å². The third kappa shape index (κ3) is 19.4. The maximum Gasteiger partial charge on any atom is 0.246 e. The minimum absolute atomic E-state index is 0.00810. The van der Waals surface area contributed by atoms with Crippen LogP contribution in [0.1, 0.15) is 76.3 Å². The summed E-state index contributed by atoms with van der Waals surface area (Å²) in [6, 6.07) is 5.88. The molecule has 0 saturated carbocycles. The predicted molar refractivity (Wildman–Crippen MR) is 266 cm³/mol. The Morgan fingerprint density at radius 2 is 1.37 bits per heavy atom. The quantitative estimate of drug-likeness (QED) is 0.0599. The summed E-state index contributed by atoms with van der Waals surface area (Å²) in [7, 11) is 2.29. The van der Waals surface area contributed by atoms with E-state index in [9.17, 15) is 53.1 Å². The second kappa shape index (κ2) is 29.1. The maximum atomic E-state index is 14.5. The minimum atomic E-state index is -1.64. The molecule has 2 aliphatic heterocycles. The molecule has 3 unspecified atom stereocenters. The first kappa shape index (κ1) is 57.2. The number of phenols is 1. The number of amides is 10. The van der Waals surface area contributed by atoms with E-state index >= 15 is 0 Å². The van der Waals surface area contributed by atoms with Crippen molar-refractivity contribution in [3.63, 3.8) is 0 Å². The second-order valence-corrected chi connectivity index (χ2v) is 20.4. The fourth-order valence-corrected chi connectivity index (χ4v) is 10.1. The second-order valence-electron chi connectivity index (χ2n) is 17.8. The highest BCUT2D eigenvalue weighted by Gasteiger charge is 2.40. The van der Waals surface area contributed by atoms with Crippen LogP contribution in [0.5, 0.6) is 5.75 Å². The van der Waals surface area contributed by atoms with Gasteiger partial charge in [0, 0.05) is 37.3 Å². The standard InChI is InChI=1S/C47H67N11O11S2/c1-27(2)21-32-42(64)56-35(24-38(49)60)45(67)57-36(47(69)58-19-8-12-37(58)46(68)53-31(11-6-7-18-48)41(63)51-25-39(50)61)26-71-70-20-17-40(62)52-33(23-29-13-15-30(59)16-14-29)43(65)55-34(44(66)54-32)22-28-9-4-3-5-10-28/h3-5,9-10,13-16,27,31-37,59H,6-8,11-12,17-26,48H2,1-2H3,(H2,49,60)(H2,50,61)(H,51,63)(H,52,62)(H,53,68)(H,54,66)(H,55,65)(H,56,64)(H,57,67)/t31-,32?,33?,34-,35?,36-,37-/m0/s1. The first-order chi connectivity index (χ1) is 33.8. The molecule has 0 spiro atoms. The summed E-state index contributed by atoms with van der Waals surface area (Å²) < 4.78 is 0. The summed E-state index contributed by atoms with van der Waals surface area (Å²) in [5, 5.41) is 28.4. The number of benzene rings is 2. The van der Waals surface area contributed by atoms with Gasteiger partial charge < -0.3 is 64.4 Å². The van der Waals surface area contributed by atoms with Crippen molar-refractivity contribution >= 4 is 80.7 Å². The lowest BCUT2D eigenvalue weighted by Crippen LogP contribution is -2.61. The topological polar surface area (TPSA) is 356 Å². The lowest BCUT2D eigenvalue weighted by molar-refractivity contribution is -0.142. The van der Waals surface area contributed by atoms with Crippen LogP contribution in [0.25, 0.3) is 0 Å². The van der Waals surface area contributed by atoms with E-state index in [0.29, 0.717) is 36.9 Å². The monoisotopic (exact) mass is 1030 g/mol. The van der Waals surface area contributed by atoms with E-state index in [4.69, 9.17) is 17.2 Å². The van der Waals surface area contributed by atoms with Crippen LogP contribution in [0.4, 0.5) is 0 Å². The molecule has 2 fully saturated rings. The number of rotatable bonds is 18. The molecule has 2 aliphatic rings. The Bertz CT molecular complexity index is 2190. The Labute approximate surface area is 420 Å². The van der Waals surface area contributed by atoms with Gasteiger partial charge in [-0.1, -0.05) is 77.9 Å². The average molecular weight is 1030 g/mol. The molecule has 2 aromatic carbocycles. The van der Waals surface area contributed by atoms with Crippen molar-refractivity contribution in [2.24, 2.45) is 23.1 Å². The number of likely N-dealkylation sites (tertiary alicyclic amines) is 1. The summed E-state index contributed by atoms with van der Waals surface area (Å²) in [5.41, 5.74) is 17.7. The molecule has 4 rings (SSSR count). The van der Waals surface area contributed by atoms with Crippen LogP contribution < -0.4 is 54.4 Å². The van der Waals surface area contributed by atoms with Crippen LogP contribution in [-0.4, -0.2) is 143 Å². The molecule has 22 nitrogen and oxygen atoms in total. The fraction of sp³-hybridized carbons (Fsp3) is 0.532. The zero-order valence-electron chi connectivity index (χ0n) is 39.9. The third-order valence-corrected chi connectivity index (χ3v) is 13.9. The van der Waals surface area contributed by atoms with Crippen LogP contribution in [-0.2, 0) is 60.8 Å². The Morgan fingerprint density at radius 1 is 0.761 bits per heavy atom. The van der Waals surface area contributed by atoms with E-state index in [2.05, 4.69) is 37.2 Å². The molecule has 0 radical (unpaired) electrons. The van der Waals surface area contributed by atoms with Gasteiger partial charge in [0.2, 0.25) is 59.1 Å². The van der Waals surface area contributed by atoms with E-state index in [-0.39, 0.29) is 68.2 Å². The van der Waals surface area contributed by atoms with Crippen LogP contribution in [0.2, 0.25) is 0 Å². The van der Waals surface area contributed by atoms with Crippen LogP contribution in [0.3, 0.4) is 0 Å². The van der Waals surface area contributed by atoms with Crippen molar-refractivity contribution in [2.75, 3.05) is 31.1 Å². The molecule has 0 aliphatic carbocycles. The van der Waals surface area contributed by atoms with E-state index in [1.807, 2.05) is 0 Å². The van der Waals surface area contributed by atoms with Crippen molar-refractivity contribution in [1.82, 2.24) is 42.1 Å². The summed E-state index contributed by atoms with van der Waals surface area (Å²) >= 11 is 0. The number of nitrogens with one attached hydrogen (secondary N) is 7. The highest BCUT2D eigenvalue weighted by molar-refractivity contribution is 8.76. The van der Waals surface area contributed by atoms with Crippen molar-refractivity contribution in [2.45, 2.75) is 120 Å². The van der Waals surface area contributed by atoms with Crippen molar-refractivity contribution in [1.29, 1.82) is 0 Å². The number of nitrogens with two attached hydrogens (primary N) is 3.